The molecule has 1 aromatic heterocycles. The minimum atomic E-state index is -1.33. The molecule has 1 fully saturated rings. The minimum Gasteiger partial charge on any atom is -0.444 e. The van der Waals surface area contributed by atoms with E-state index in [9.17, 15) is 9.00 Å². The molecule has 1 aromatic rings. The van der Waals surface area contributed by atoms with Crippen LogP contribution in [0.3, 0.4) is 0 Å². The van der Waals surface area contributed by atoms with Crippen LogP contribution in [0, 0.1) is 0 Å². The Labute approximate surface area is 137 Å². The van der Waals surface area contributed by atoms with Gasteiger partial charge in [-0.05, 0) is 33.6 Å². The van der Waals surface area contributed by atoms with Gasteiger partial charge in [-0.15, -0.1) is 0 Å². The summed E-state index contributed by atoms with van der Waals surface area (Å²) < 4.78 is 18.0. The summed E-state index contributed by atoms with van der Waals surface area (Å²) in [6.45, 7) is 6.49. The lowest BCUT2D eigenvalue weighted by molar-refractivity contribution is 0.0219. The van der Waals surface area contributed by atoms with Crippen LogP contribution < -0.4 is 0 Å². The molecule has 0 bridgehead atoms. The van der Waals surface area contributed by atoms with Crippen molar-refractivity contribution in [3.05, 3.63) is 17.5 Å². The average molecular weight is 346 g/mol. The molecule has 1 saturated heterocycles. The Hall–Kier alpha value is -1.21. The first-order chi connectivity index (χ1) is 10.3. The highest BCUT2D eigenvalue weighted by molar-refractivity contribution is 7.85. The number of ether oxygens (including phenoxy) is 1. The molecule has 0 saturated carbocycles. The van der Waals surface area contributed by atoms with Crippen molar-refractivity contribution in [1.29, 1.82) is 0 Å². The molecule has 1 aliphatic rings. The van der Waals surface area contributed by atoms with Gasteiger partial charge in [0.15, 0.2) is 0 Å². The third-order valence-corrected chi connectivity index (χ3v) is 4.98. The Kier molecular flexibility index (Phi) is 5.39. The van der Waals surface area contributed by atoms with Gasteiger partial charge in [0.2, 0.25) is 0 Å². The van der Waals surface area contributed by atoms with Gasteiger partial charge in [-0.25, -0.2) is 14.8 Å². The summed E-state index contributed by atoms with van der Waals surface area (Å²) in [4.78, 5) is 21.5. The van der Waals surface area contributed by atoms with E-state index >= 15 is 0 Å². The molecule has 0 spiro atoms. The second-order valence-corrected chi connectivity index (χ2v) is 8.23. The zero-order valence-corrected chi connectivity index (χ0v) is 14.5. The SMILES string of the molecule is CC(C)(C)OC(=O)N1CCCC(S(=O)c2cc(Cl)ncn2)C1. The molecule has 0 aliphatic carbocycles. The fraction of sp³-hybridized carbons (Fsp3) is 0.643. The van der Waals surface area contributed by atoms with Crippen LogP contribution in [0.2, 0.25) is 5.15 Å². The molecule has 2 atom stereocenters. The van der Waals surface area contributed by atoms with E-state index < -0.39 is 16.4 Å². The van der Waals surface area contributed by atoms with Crippen molar-refractivity contribution in [2.75, 3.05) is 13.1 Å². The normalized spacial score (nSPS) is 20.5. The maximum absolute atomic E-state index is 12.6. The number of aromatic nitrogens is 2. The molecule has 2 unspecified atom stereocenters. The van der Waals surface area contributed by atoms with Crippen molar-refractivity contribution in [2.24, 2.45) is 0 Å². The summed E-state index contributed by atoms with van der Waals surface area (Å²) in [5.74, 6) is 0. The van der Waals surface area contributed by atoms with E-state index in [0.717, 1.165) is 12.8 Å². The molecule has 0 aromatic carbocycles. The van der Waals surface area contributed by atoms with E-state index in [4.69, 9.17) is 16.3 Å². The van der Waals surface area contributed by atoms with Crippen molar-refractivity contribution in [3.8, 4) is 0 Å². The maximum Gasteiger partial charge on any atom is 0.410 e. The van der Waals surface area contributed by atoms with Crippen LogP contribution in [0.5, 0.6) is 0 Å². The highest BCUT2D eigenvalue weighted by Crippen LogP contribution is 2.22. The minimum absolute atomic E-state index is 0.174. The van der Waals surface area contributed by atoms with E-state index in [2.05, 4.69) is 9.97 Å². The van der Waals surface area contributed by atoms with Crippen LogP contribution in [0.15, 0.2) is 17.4 Å². The lowest BCUT2D eigenvalue weighted by atomic mass is 10.1. The topological polar surface area (TPSA) is 72.4 Å². The molecule has 1 aliphatic heterocycles. The molecule has 2 heterocycles. The number of carbonyl (C=O) groups excluding carboxylic acids is 1. The van der Waals surface area contributed by atoms with Gasteiger partial charge in [-0.2, -0.15) is 0 Å². The molecular formula is C14H20ClN3O3S. The van der Waals surface area contributed by atoms with Gasteiger partial charge in [0.05, 0.1) is 16.0 Å². The van der Waals surface area contributed by atoms with Crippen molar-refractivity contribution in [3.63, 3.8) is 0 Å². The third kappa shape index (κ3) is 4.64. The standard InChI is InChI=1S/C14H20ClN3O3S/c1-14(2,3)21-13(19)18-6-4-5-10(8-18)22(20)12-7-11(15)16-9-17-12/h7,9-10H,4-6,8H2,1-3H3. The van der Waals surface area contributed by atoms with E-state index in [1.807, 2.05) is 20.8 Å². The number of nitrogens with zero attached hydrogens (tertiary/aromatic N) is 3. The van der Waals surface area contributed by atoms with Crippen molar-refractivity contribution < 1.29 is 13.7 Å². The van der Waals surface area contributed by atoms with Crippen LogP contribution in [-0.4, -0.2) is 49.1 Å². The van der Waals surface area contributed by atoms with Crippen LogP contribution in [0.25, 0.3) is 0 Å². The average Bonchev–Trinajstić information content (AvgIpc) is 2.45. The lowest BCUT2D eigenvalue weighted by Gasteiger charge is -2.33. The number of rotatable bonds is 2. The van der Waals surface area contributed by atoms with E-state index in [-0.39, 0.29) is 16.5 Å². The maximum atomic E-state index is 12.6. The van der Waals surface area contributed by atoms with Gasteiger partial charge in [-0.3, -0.25) is 4.21 Å². The molecule has 0 radical (unpaired) electrons. The van der Waals surface area contributed by atoms with Crippen molar-refractivity contribution in [1.82, 2.24) is 14.9 Å². The molecule has 22 heavy (non-hydrogen) atoms. The summed E-state index contributed by atoms with van der Waals surface area (Å²) >= 11 is 5.81. The second-order valence-electron chi connectivity index (χ2n) is 6.17. The number of likely N-dealkylation sites (tertiary alicyclic amines) is 1. The molecule has 122 valence electrons. The summed E-state index contributed by atoms with van der Waals surface area (Å²) in [5, 5.41) is 0.487. The summed E-state index contributed by atoms with van der Waals surface area (Å²) in [6, 6.07) is 1.50. The first-order valence-electron chi connectivity index (χ1n) is 7.12. The fourth-order valence-corrected chi connectivity index (χ4v) is 3.83. The molecule has 8 heteroatoms. The van der Waals surface area contributed by atoms with Crippen molar-refractivity contribution in [2.45, 2.75) is 49.5 Å². The lowest BCUT2D eigenvalue weighted by Crippen LogP contribution is -2.45. The Morgan fingerprint density at radius 3 is 2.82 bits per heavy atom. The van der Waals surface area contributed by atoms with Crippen LogP contribution in [0.1, 0.15) is 33.6 Å². The second kappa shape index (κ2) is 6.91. The Bertz CT molecular complexity index is 577. The fourth-order valence-electron chi connectivity index (χ4n) is 2.20. The number of halogens is 1. The Balaban J connectivity index is 2.04. The van der Waals surface area contributed by atoms with E-state index in [1.165, 1.54) is 12.4 Å². The van der Waals surface area contributed by atoms with E-state index in [0.29, 0.717) is 18.1 Å². The van der Waals surface area contributed by atoms with Crippen molar-refractivity contribution >= 4 is 28.5 Å². The number of amides is 1. The van der Waals surface area contributed by atoms with Crippen LogP contribution in [-0.2, 0) is 15.5 Å². The van der Waals surface area contributed by atoms with Gasteiger partial charge >= 0.3 is 6.09 Å². The number of hydrogen-bond acceptors (Lipinski definition) is 5. The molecule has 2 rings (SSSR count). The highest BCUT2D eigenvalue weighted by Gasteiger charge is 2.31. The third-order valence-electron chi connectivity index (χ3n) is 3.15. The molecular weight excluding hydrogens is 326 g/mol. The first-order valence-corrected chi connectivity index (χ1v) is 8.71. The van der Waals surface area contributed by atoms with E-state index in [1.54, 1.807) is 4.90 Å². The largest absolute Gasteiger partial charge is 0.444 e. The quantitative estimate of drug-likeness (QED) is 0.770. The highest BCUT2D eigenvalue weighted by atomic mass is 35.5. The van der Waals surface area contributed by atoms with Gasteiger partial charge in [0.1, 0.15) is 22.1 Å². The molecule has 0 N–H and O–H groups in total. The zero-order valence-electron chi connectivity index (χ0n) is 12.9. The van der Waals surface area contributed by atoms with Gasteiger partial charge in [0.25, 0.3) is 0 Å². The number of hydrogen-bond donors (Lipinski definition) is 0. The van der Waals surface area contributed by atoms with Gasteiger partial charge < -0.3 is 9.64 Å². The summed E-state index contributed by atoms with van der Waals surface area (Å²) in [6.07, 6.45) is 2.49. The zero-order chi connectivity index (χ0) is 16.3. The predicted octanol–water partition coefficient (Wildman–Crippen LogP) is 2.64. The molecule has 6 nitrogen and oxygen atoms in total. The summed E-state index contributed by atoms with van der Waals surface area (Å²) in [7, 11) is -1.33. The monoisotopic (exact) mass is 345 g/mol. The number of carbonyl (C=O) groups is 1. The predicted molar refractivity (Wildman–Crippen MR) is 84.3 cm³/mol. The Morgan fingerprint density at radius 1 is 1.45 bits per heavy atom. The number of piperidine rings is 1. The van der Waals surface area contributed by atoms with Crippen LogP contribution in [0.4, 0.5) is 4.79 Å². The van der Waals surface area contributed by atoms with Crippen LogP contribution >= 0.6 is 11.6 Å². The van der Waals surface area contributed by atoms with Gasteiger partial charge in [0, 0.05) is 19.2 Å². The summed E-state index contributed by atoms with van der Waals surface area (Å²) in [5.41, 5.74) is -0.538. The van der Waals surface area contributed by atoms with Gasteiger partial charge in [-0.1, -0.05) is 11.6 Å². The first kappa shape index (κ1) is 17.1. The smallest absolute Gasteiger partial charge is 0.410 e. The Morgan fingerprint density at radius 2 is 2.18 bits per heavy atom. The molecule has 1 amide bonds.